The van der Waals surface area contributed by atoms with Crippen molar-refractivity contribution in [3.05, 3.63) is 71.5 Å². The lowest BCUT2D eigenvalue weighted by atomic mass is 10.1. The second-order valence-corrected chi connectivity index (χ2v) is 4.57. The van der Waals surface area contributed by atoms with Gasteiger partial charge in [-0.15, -0.1) is 0 Å². The van der Waals surface area contributed by atoms with Gasteiger partial charge in [0.25, 0.3) is 11.5 Å². The first-order valence-corrected chi connectivity index (χ1v) is 6.45. The maximum atomic E-state index is 13.1. The Balaban J connectivity index is 2.03. The lowest BCUT2D eigenvalue weighted by Crippen LogP contribution is -2.21. The van der Waals surface area contributed by atoms with Crippen LogP contribution in [0, 0.1) is 5.82 Å². The van der Waals surface area contributed by atoms with Gasteiger partial charge < -0.3 is 14.9 Å². The predicted octanol–water partition coefficient (Wildman–Crippen LogP) is 3.11. The largest absolute Gasteiger partial charge is 0.435 e. The van der Waals surface area contributed by atoms with Crippen LogP contribution in [0.25, 0.3) is 11.0 Å². The molecular weight excluding hydrogens is 287 g/mol. The van der Waals surface area contributed by atoms with E-state index in [0.29, 0.717) is 16.7 Å². The topological polar surface area (TPSA) is 74.8 Å². The Morgan fingerprint density at radius 2 is 1.95 bits per heavy atom. The average molecular weight is 298 g/mol. The van der Waals surface area contributed by atoms with Gasteiger partial charge in [-0.05, 0) is 35.5 Å². The molecule has 0 aliphatic rings. The molecule has 2 aromatic carbocycles. The van der Waals surface area contributed by atoms with E-state index in [1.807, 2.05) is 0 Å². The number of benzene rings is 2. The van der Waals surface area contributed by atoms with Crippen LogP contribution in [0.15, 0.2) is 64.2 Å². The van der Waals surface area contributed by atoms with Gasteiger partial charge in [0.15, 0.2) is 0 Å². The minimum absolute atomic E-state index is 0.0467. The number of nitrogens with one attached hydrogen (secondary N) is 1. The molecule has 22 heavy (non-hydrogen) atoms. The number of rotatable bonds is 2. The van der Waals surface area contributed by atoms with Gasteiger partial charge in [0, 0.05) is 11.1 Å². The fraction of sp³-hybridized carbons (Fsp3) is 0. The van der Waals surface area contributed by atoms with Crippen LogP contribution in [0.1, 0.15) is 10.4 Å². The second-order valence-electron chi connectivity index (χ2n) is 4.57. The molecular formula is C16H11FN2O3. The molecule has 1 heterocycles. The first-order chi connectivity index (χ1) is 10.7. The molecule has 0 saturated carbocycles. The molecule has 0 fully saturated rings. The van der Waals surface area contributed by atoms with E-state index >= 15 is 0 Å². The summed E-state index contributed by atoms with van der Waals surface area (Å²) in [5, 5.41) is 15.2. The smallest absolute Gasteiger partial charge is 0.268 e. The van der Waals surface area contributed by atoms with Crippen LogP contribution in [0.5, 0.6) is 0 Å². The zero-order chi connectivity index (χ0) is 15.5. The summed E-state index contributed by atoms with van der Waals surface area (Å²) in [6.45, 7) is 0. The first kappa shape index (κ1) is 13.8. The normalized spacial score (nSPS) is 11.6. The van der Waals surface area contributed by atoms with Gasteiger partial charge in [-0.1, -0.05) is 24.3 Å². The van der Waals surface area contributed by atoms with Crippen LogP contribution in [-0.2, 0) is 0 Å². The highest BCUT2D eigenvalue weighted by Gasteiger charge is 2.13. The lowest BCUT2D eigenvalue weighted by Gasteiger charge is -2.06. The highest BCUT2D eigenvalue weighted by Crippen LogP contribution is 2.15. The molecule has 0 atom stereocenters. The second kappa shape index (κ2) is 5.69. The summed E-state index contributed by atoms with van der Waals surface area (Å²) in [5.41, 5.74) is 0.609. The Hall–Kier alpha value is -3.15. The van der Waals surface area contributed by atoms with Crippen molar-refractivity contribution in [2.45, 2.75) is 0 Å². The van der Waals surface area contributed by atoms with E-state index in [2.05, 4.69) is 10.5 Å². The van der Waals surface area contributed by atoms with Gasteiger partial charge in [-0.3, -0.25) is 4.79 Å². The number of fused-ring (bicyclic) bond motifs is 1. The van der Waals surface area contributed by atoms with Gasteiger partial charge in [0.2, 0.25) is 0 Å². The van der Waals surface area contributed by atoms with Crippen LogP contribution in [-0.4, -0.2) is 11.1 Å². The molecule has 3 rings (SSSR count). The molecule has 0 spiro atoms. The molecule has 2 N–H and O–H groups in total. The number of anilines is 1. The van der Waals surface area contributed by atoms with E-state index in [1.54, 1.807) is 36.4 Å². The van der Waals surface area contributed by atoms with Crippen molar-refractivity contribution in [3.8, 4) is 0 Å². The van der Waals surface area contributed by atoms with E-state index in [4.69, 9.17) is 9.62 Å². The summed E-state index contributed by atoms with van der Waals surface area (Å²) >= 11 is 0. The third-order valence-electron chi connectivity index (χ3n) is 3.07. The van der Waals surface area contributed by atoms with Crippen molar-refractivity contribution in [2.24, 2.45) is 5.16 Å². The molecule has 0 aliphatic heterocycles. The summed E-state index contributed by atoms with van der Waals surface area (Å²) in [4.78, 5) is 12.3. The molecule has 3 aromatic rings. The molecule has 0 saturated heterocycles. The molecule has 0 bridgehead atoms. The predicted molar refractivity (Wildman–Crippen MR) is 77.9 cm³/mol. The molecule has 1 aromatic heterocycles. The van der Waals surface area contributed by atoms with Crippen molar-refractivity contribution in [1.29, 1.82) is 0 Å². The number of halogens is 1. The van der Waals surface area contributed by atoms with E-state index < -0.39 is 11.7 Å². The zero-order valence-electron chi connectivity index (χ0n) is 11.3. The molecule has 0 unspecified atom stereocenters. The summed E-state index contributed by atoms with van der Waals surface area (Å²) in [6, 6.07) is 14.0. The molecule has 110 valence electrons. The van der Waals surface area contributed by atoms with Crippen molar-refractivity contribution in [2.75, 3.05) is 5.32 Å². The first-order valence-electron chi connectivity index (χ1n) is 6.45. The number of hydrogen-bond donors (Lipinski definition) is 2. The maximum absolute atomic E-state index is 13.1. The monoisotopic (exact) mass is 298 g/mol. The van der Waals surface area contributed by atoms with Gasteiger partial charge >= 0.3 is 0 Å². The molecule has 0 aliphatic carbocycles. The minimum atomic E-state index is -0.562. The third-order valence-corrected chi connectivity index (χ3v) is 3.07. The van der Waals surface area contributed by atoms with Crippen LogP contribution in [0.2, 0.25) is 0 Å². The van der Waals surface area contributed by atoms with Gasteiger partial charge in [0.05, 0.1) is 0 Å². The summed E-state index contributed by atoms with van der Waals surface area (Å²) in [7, 11) is 0. The number of carbonyl (C=O) groups excluding carboxylic acids is 1. The number of amides is 1. The number of nitrogens with zero attached hydrogens (tertiary/aromatic N) is 1. The SMILES string of the molecule is O=C(Nc1cccc(F)c1)c1cc2ccccc2oc1=NO. The standard InChI is InChI=1S/C16H11FN2O3/c17-11-5-3-6-12(9-11)18-15(20)13-8-10-4-1-2-7-14(10)22-16(13)19-21/h1-9,21H,(H,18,20). The summed E-state index contributed by atoms with van der Waals surface area (Å²) in [5.74, 6) is -1.03. The van der Waals surface area contributed by atoms with Crippen LogP contribution in [0.3, 0.4) is 0 Å². The highest BCUT2D eigenvalue weighted by molar-refractivity contribution is 6.05. The van der Waals surface area contributed by atoms with E-state index in [1.165, 1.54) is 18.2 Å². The Morgan fingerprint density at radius 1 is 1.14 bits per heavy atom. The minimum Gasteiger partial charge on any atom is -0.435 e. The summed E-state index contributed by atoms with van der Waals surface area (Å²) < 4.78 is 18.5. The quantitative estimate of drug-likeness (QED) is 0.564. The molecule has 6 heteroatoms. The van der Waals surface area contributed by atoms with Crippen molar-refractivity contribution in [3.63, 3.8) is 0 Å². The van der Waals surface area contributed by atoms with E-state index in [-0.39, 0.29) is 11.1 Å². The average Bonchev–Trinajstić information content (AvgIpc) is 2.53. The van der Waals surface area contributed by atoms with Gasteiger partial charge in [-0.2, -0.15) is 0 Å². The Bertz CT molecular complexity index is 918. The summed E-state index contributed by atoms with van der Waals surface area (Å²) in [6.07, 6.45) is 0. The van der Waals surface area contributed by atoms with Crippen LogP contribution in [0.4, 0.5) is 10.1 Å². The highest BCUT2D eigenvalue weighted by atomic mass is 19.1. The Labute approximate surface area is 124 Å². The molecule has 0 radical (unpaired) electrons. The number of carbonyl (C=O) groups is 1. The number of para-hydroxylation sites is 1. The lowest BCUT2D eigenvalue weighted by molar-refractivity contribution is 0.102. The van der Waals surface area contributed by atoms with Crippen molar-refractivity contribution >= 4 is 22.6 Å². The van der Waals surface area contributed by atoms with Gasteiger partial charge in [0.1, 0.15) is 17.0 Å². The maximum Gasteiger partial charge on any atom is 0.268 e. The van der Waals surface area contributed by atoms with Crippen molar-refractivity contribution < 1.29 is 18.8 Å². The molecule has 1 amide bonds. The Morgan fingerprint density at radius 3 is 2.73 bits per heavy atom. The fourth-order valence-electron chi connectivity index (χ4n) is 2.07. The van der Waals surface area contributed by atoms with E-state index in [9.17, 15) is 9.18 Å². The Kier molecular flexibility index (Phi) is 3.57. The zero-order valence-corrected chi connectivity index (χ0v) is 11.3. The number of hydrogen-bond acceptors (Lipinski definition) is 4. The van der Waals surface area contributed by atoms with E-state index in [0.717, 1.165) is 0 Å². The van der Waals surface area contributed by atoms with Gasteiger partial charge in [-0.25, -0.2) is 4.39 Å². The van der Waals surface area contributed by atoms with Crippen molar-refractivity contribution in [1.82, 2.24) is 0 Å². The van der Waals surface area contributed by atoms with Crippen LogP contribution >= 0.6 is 0 Å². The van der Waals surface area contributed by atoms with Crippen LogP contribution < -0.4 is 10.9 Å². The third kappa shape index (κ3) is 2.67. The fourth-order valence-corrected chi connectivity index (χ4v) is 2.07. The molecule has 5 nitrogen and oxygen atoms in total.